The highest BCUT2D eigenvalue weighted by Gasteiger charge is 2.29. The minimum Gasteiger partial charge on any atom is -0.394 e. The maximum atomic E-state index is 14.5. The van der Waals surface area contributed by atoms with Gasteiger partial charge >= 0.3 is 0 Å². The molecule has 2 aromatic rings. The van der Waals surface area contributed by atoms with E-state index in [0.717, 1.165) is 17.7 Å². The molecule has 1 unspecified atom stereocenters. The van der Waals surface area contributed by atoms with Gasteiger partial charge in [-0.25, -0.2) is 14.3 Å². The molecule has 0 radical (unpaired) electrons. The zero-order valence-corrected chi connectivity index (χ0v) is 15.1. The standard InChI is InChI=1S/C19H20ClF2NO4/c20-13-3-1-12(2-4-13)9-16(15-6-5-14(21)10-17(15)22)18(27-8-7-24)11-19(25)23-26/h1-6,10,16,18,24,26H,7-9,11H2,(H,23,25)/t16?,18-/m1/s1. The van der Waals surface area contributed by atoms with Crippen molar-refractivity contribution in [2.24, 2.45) is 0 Å². The molecule has 5 nitrogen and oxygen atoms in total. The summed E-state index contributed by atoms with van der Waals surface area (Å²) < 4.78 is 33.3. The second-order valence-corrected chi connectivity index (χ2v) is 6.41. The third kappa shape index (κ3) is 6.25. The van der Waals surface area contributed by atoms with Crippen LogP contribution in [0.3, 0.4) is 0 Å². The lowest BCUT2D eigenvalue weighted by atomic mass is 9.85. The molecule has 0 saturated heterocycles. The Morgan fingerprint density at radius 3 is 2.48 bits per heavy atom. The van der Waals surface area contributed by atoms with Gasteiger partial charge in [0.05, 0.1) is 25.7 Å². The molecule has 0 bridgehead atoms. The quantitative estimate of drug-likeness (QED) is 0.447. The van der Waals surface area contributed by atoms with Gasteiger partial charge in [-0.1, -0.05) is 29.8 Å². The van der Waals surface area contributed by atoms with Crippen LogP contribution in [0.25, 0.3) is 0 Å². The fourth-order valence-electron chi connectivity index (χ4n) is 2.87. The van der Waals surface area contributed by atoms with Gasteiger partial charge in [0, 0.05) is 17.0 Å². The number of aliphatic hydroxyl groups excluding tert-OH is 1. The first-order chi connectivity index (χ1) is 12.9. The first kappa shape index (κ1) is 21.2. The van der Waals surface area contributed by atoms with Crippen molar-refractivity contribution in [3.05, 3.63) is 70.2 Å². The number of carbonyl (C=O) groups is 1. The Hall–Kier alpha value is -2.06. The minimum absolute atomic E-state index is 0.0801. The molecular formula is C19H20ClF2NO4. The molecule has 146 valence electrons. The molecule has 0 saturated carbocycles. The molecular weight excluding hydrogens is 380 g/mol. The van der Waals surface area contributed by atoms with Crippen molar-refractivity contribution in [3.63, 3.8) is 0 Å². The molecule has 2 aromatic carbocycles. The number of nitrogens with one attached hydrogen (secondary N) is 1. The minimum atomic E-state index is -0.861. The molecule has 0 spiro atoms. The van der Waals surface area contributed by atoms with Crippen molar-refractivity contribution in [2.75, 3.05) is 13.2 Å². The Morgan fingerprint density at radius 1 is 1.19 bits per heavy atom. The molecule has 0 aliphatic heterocycles. The number of rotatable bonds is 9. The van der Waals surface area contributed by atoms with Gasteiger partial charge in [-0.3, -0.25) is 10.0 Å². The highest BCUT2D eigenvalue weighted by atomic mass is 35.5. The van der Waals surface area contributed by atoms with Gasteiger partial charge in [0.2, 0.25) is 5.91 Å². The van der Waals surface area contributed by atoms with Gasteiger partial charge in [0.25, 0.3) is 0 Å². The normalized spacial score (nSPS) is 13.2. The topological polar surface area (TPSA) is 78.8 Å². The van der Waals surface area contributed by atoms with Crippen LogP contribution in [0.4, 0.5) is 8.78 Å². The number of hydrogen-bond acceptors (Lipinski definition) is 4. The smallest absolute Gasteiger partial charge is 0.245 e. The van der Waals surface area contributed by atoms with Crippen molar-refractivity contribution in [2.45, 2.75) is 24.9 Å². The lowest BCUT2D eigenvalue weighted by Gasteiger charge is -2.28. The van der Waals surface area contributed by atoms with Crippen LogP contribution in [-0.4, -0.2) is 35.5 Å². The van der Waals surface area contributed by atoms with E-state index in [9.17, 15) is 13.6 Å². The Labute approximate surface area is 160 Å². The Bertz CT molecular complexity index is 758. The van der Waals surface area contributed by atoms with Crippen LogP contribution in [0.15, 0.2) is 42.5 Å². The molecule has 3 N–H and O–H groups in total. The van der Waals surface area contributed by atoms with Gasteiger partial charge in [-0.05, 0) is 35.7 Å². The number of benzene rings is 2. The van der Waals surface area contributed by atoms with Crippen molar-refractivity contribution >= 4 is 17.5 Å². The number of hydrogen-bond donors (Lipinski definition) is 3. The van der Waals surface area contributed by atoms with Crippen LogP contribution in [0, 0.1) is 11.6 Å². The van der Waals surface area contributed by atoms with Crippen LogP contribution in [0.1, 0.15) is 23.5 Å². The third-order valence-electron chi connectivity index (χ3n) is 4.11. The zero-order chi connectivity index (χ0) is 19.8. The first-order valence-corrected chi connectivity index (χ1v) is 8.67. The van der Waals surface area contributed by atoms with E-state index in [4.69, 9.17) is 26.7 Å². The molecule has 0 aliphatic carbocycles. The van der Waals surface area contributed by atoms with E-state index in [1.807, 2.05) is 0 Å². The molecule has 8 heteroatoms. The first-order valence-electron chi connectivity index (χ1n) is 8.29. The van der Waals surface area contributed by atoms with E-state index in [0.29, 0.717) is 5.02 Å². The summed E-state index contributed by atoms with van der Waals surface area (Å²) in [6.07, 6.45) is -0.861. The summed E-state index contributed by atoms with van der Waals surface area (Å²) in [6.45, 7) is -0.375. The second kappa shape index (κ2) is 10.3. The molecule has 1 amide bonds. The van der Waals surface area contributed by atoms with Gasteiger partial charge < -0.3 is 9.84 Å². The van der Waals surface area contributed by atoms with Crippen molar-refractivity contribution in [3.8, 4) is 0 Å². The highest BCUT2D eigenvalue weighted by molar-refractivity contribution is 6.30. The van der Waals surface area contributed by atoms with Gasteiger partial charge in [0.15, 0.2) is 0 Å². The monoisotopic (exact) mass is 399 g/mol. The Balaban J connectivity index is 2.40. The summed E-state index contributed by atoms with van der Waals surface area (Å²) in [7, 11) is 0. The largest absolute Gasteiger partial charge is 0.394 e. The van der Waals surface area contributed by atoms with E-state index in [1.54, 1.807) is 24.3 Å². The van der Waals surface area contributed by atoms with E-state index < -0.39 is 29.6 Å². The predicted octanol–water partition coefficient (Wildman–Crippen LogP) is 3.22. The summed E-state index contributed by atoms with van der Waals surface area (Å²) in [5, 5.41) is 18.4. The summed E-state index contributed by atoms with van der Waals surface area (Å²) >= 11 is 5.89. The molecule has 0 heterocycles. The average molecular weight is 400 g/mol. The fourth-order valence-corrected chi connectivity index (χ4v) is 2.99. The molecule has 0 fully saturated rings. The highest BCUT2D eigenvalue weighted by Crippen LogP contribution is 2.31. The Morgan fingerprint density at radius 2 is 1.89 bits per heavy atom. The zero-order valence-electron chi connectivity index (χ0n) is 14.4. The number of hydroxylamine groups is 1. The number of amides is 1. The SMILES string of the molecule is O=C(C[C@@H](OCCO)C(Cc1ccc(Cl)cc1)c1ccc(F)cc1F)NO. The van der Waals surface area contributed by atoms with E-state index in [2.05, 4.69) is 0 Å². The number of carbonyl (C=O) groups excluding carboxylic acids is 1. The van der Waals surface area contributed by atoms with Crippen molar-refractivity contribution < 1.29 is 28.6 Å². The maximum Gasteiger partial charge on any atom is 0.245 e. The van der Waals surface area contributed by atoms with Crippen LogP contribution >= 0.6 is 11.6 Å². The molecule has 2 rings (SSSR count). The third-order valence-corrected chi connectivity index (χ3v) is 4.37. The molecule has 27 heavy (non-hydrogen) atoms. The number of aliphatic hydroxyl groups is 1. The lowest BCUT2D eigenvalue weighted by molar-refractivity contribution is -0.133. The van der Waals surface area contributed by atoms with Gasteiger partial charge in [-0.15, -0.1) is 0 Å². The van der Waals surface area contributed by atoms with E-state index >= 15 is 0 Å². The number of ether oxygens (including phenoxy) is 1. The van der Waals surface area contributed by atoms with Crippen LogP contribution < -0.4 is 5.48 Å². The lowest BCUT2D eigenvalue weighted by Crippen LogP contribution is -2.32. The average Bonchev–Trinajstić information content (AvgIpc) is 2.65. The van der Waals surface area contributed by atoms with Crippen LogP contribution in [0.5, 0.6) is 0 Å². The Kier molecular flexibility index (Phi) is 8.12. The summed E-state index contributed by atoms with van der Waals surface area (Å²) in [6, 6.07) is 10.1. The van der Waals surface area contributed by atoms with Gasteiger partial charge in [-0.2, -0.15) is 0 Å². The number of halogens is 3. The van der Waals surface area contributed by atoms with Crippen LogP contribution in [-0.2, 0) is 16.0 Å². The van der Waals surface area contributed by atoms with Crippen molar-refractivity contribution in [1.29, 1.82) is 0 Å². The van der Waals surface area contributed by atoms with Crippen LogP contribution in [0.2, 0.25) is 5.02 Å². The second-order valence-electron chi connectivity index (χ2n) is 5.97. The van der Waals surface area contributed by atoms with Gasteiger partial charge in [0.1, 0.15) is 11.6 Å². The fraction of sp³-hybridized carbons (Fsp3) is 0.316. The van der Waals surface area contributed by atoms with E-state index in [-0.39, 0.29) is 31.6 Å². The molecule has 0 aromatic heterocycles. The maximum absolute atomic E-state index is 14.5. The molecule has 2 atom stereocenters. The van der Waals surface area contributed by atoms with E-state index in [1.165, 1.54) is 11.5 Å². The predicted molar refractivity (Wildman–Crippen MR) is 95.6 cm³/mol. The summed E-state index contributed by atoms with van der Waals surface area (Å²) in [5.41, 5.74) is 2.49. The summed E-state index contributed by atoms with van der Waals surface area (Å²) in [5.74, 6) is -2.88. The van der Waals surface area contributed by atoms with Crippen molar-refractivity contribution in [1.82, 2.24) is 5.48 Å². The summed E-state index contributed by atoms with van der Waals surface area (Å²) in [4.78, 5) is 11.7. The molecule has 0 aliphatic rings.